The van der Waals surface area contributed by atoms with Crippen molar-refractivity contribution in [3.8, 4) is 0 Å². The molecule has 1 aromatic carbocycles. The molecule has 0 aliphatic carbocycles. The number of rotatable bonds is 4. The van der Waals surface area contributed by atoms with E-state index in [0.717, 1.165) is 11.3 Å². The molecule has 4 nitrogen and oxygen atoms in total. The lowest BCUT2D eigenvalue weighted by molar-refractivity contribution is -0.144. The van der Waals surface area contributed by atoms with Gasteiger partial charge in [0, 0.05) is 18.8 Å². The van der Waals surface area contributed by atoms with Crippen LogP contribution in [0.2, 0.25) is 0 Å². The quantitative estimate of drug-likeness (QED) is 0.773. The van der Waals surface area contributed by atoms with Crippen LogP contribution in [-0.2, 0) is 12.7 Å². The lowest BCUT2D eigenvalue weighted by Gasteiger charge is -2.23. The normalized spacial score (nSPS) is 11.9. The minimum Gasteiger partial charge on any atom is -0.352 e. The van der Waals surface area contributed by atoms with Crippen LogP contribution in [0.5, 0.6) is 0 Å². The van der Waals surface area contributed by atoms with Crippen LogP contribution in [0.15, 0.2) is 36.4 Å². The number of nitrogens with one attached hydrogen (secondary N) is 1. The van der Waals surface area contributed by atoms with Gasteiger partial charge in [0.2, 0.25) is 5.82 Å². The monoisotopic (exact) mass is 334 g/mol. The van der Waals surface area contributed by atoms with Crippen LogP contribution < -0.4 is 4.90 Å². The van der Waals surface area contributed by atoms with Gasteiger partial charge in [-0.1, -0.05) is 30.3 Å². The van der Waals surface area contributed by atoms with E-state index >= 15 is 0 Å². The molecule has 7 heteroatoms. The summed E-state index contributed by atoms with van der Waals surface area (Å²) in [4.78, 5) is 12.2. The molecule has 3 aromatic rings. The summed E-state index contributed by atoms with van der Waals surface area (Å²) in [6.45, 7) is 4.68. The summed E-state index contributed by atoms with van der Waals surface area (Å²) in [7, 11) is 0. The van der Waals surface area contributed by atoms with Gasteiger partial charge in [-0.3, -0.25) is 0 Å². The van der Waals surface area contributed by atoms with Gasteiger partial charge < -0.3 is 9.88 Å². The topological polar surface area (TPSA) is 44.8 Å². The maximum absolute atomic E-state index is 13.1. The Hall–Kier alpha value is -2.57. The molecule has 2 heterocycles. The average Bonchev–Trinajstić information content (AvgIpc) is 2.92. The van der Waals surface area contributed by atoms with Gasteiger partial charge >= 0.3 is 6.18 Å². The van der Waals surface area contributed by atoms with Gasteiger partial charge in [-0.25, -0.2) is 9.97 Å². The van der Waals surface area contributed by atoms with Gasteiger partial charge in [0.1, 0.15) is 11.5 Å². The van der Waals surface area contributed by atoms with Crippen LogP contribution in [0.1, 0.15) is 24.0 Å². The molecule has 3 rings (SSSR count). The number of nitrogens with zero attached hydrogens (tertiary/aromatic N) is 3. The number of alkyl halides is 3. The molecule has 0 bridgehead atoms. The van der Waals surface area contributed by atoms with Crippen molar-refractivity contribution in [3.05, 3.63) is 53.5 Å². The van der Waals surface area contributed by atoms with Crippen LogP contribution in [0.4, 0.5) is 19.0 Å². The Bertz CT molecular complexity index is 840. The van der Waals surface area contributed by atoms with Crippen molar-refractivity contribution < 1.29 is 13.2 Å². The van der Waals surface area contributed by atoms with Crippen LogP contribution in [-0.4, -0.2) is 21.5 Å². The first-order chi connectivity index (χ1) is 11.4. The highest BCUT2D eigenvalue weighted by Crippen LogP contribution is 2.32. The van der Waals surface area contributed by atoms with Crippen molar-refractivity contribution in [1.82, 2.24) is 15.0 Å². The molecule has 0 aliphatic rings. The third kappa shape index (κ3) is 3.20. The standard InChI is InChI=1S/C17H17F3N4/c1-3-24(10-12-7-5-4-6-8-12)15-13-9-11(2)21-14(13)22-16(23-15)17(18,19)20/h4-9H,3,10H2,1-2H3,(H,21,22,23). The minimum absolute atomic E-state index is 0.205. The molecule has 0 saturated carbocycles. The molecule has 2 aromatic heterocycles. The number of anilines is 1. The van der Waals surface area contributed by atoms with E-state index in [2.05, 4.69) is 15.0 Å². The summed E-state index contributed by atoms with van der Waals surface area (Å²) in [5.74, 6) is -0.832. The van der Waals surface area contributed by atoms with E-state index in [1.54, 1.807) is 13.0 Å². The van der Waals surface area contributed by atoms with E-state index in [1.165, 1.54) is 0 Å². The smallest absolute Gasteiger partial charge is 0.352 e. The molecule has 0 amide bonds. The molecular formula is C17H17F3N4. The number of aromatic nitrogens is 3. The second kappa shape index (κ2) is 6.14. The van der Waals surface area contributed by atoms with Gasteiger partial charge in [-0.15, -0.1) is 0 Å². The van der Waals surface area contributed by atoms with Crippen LogP contribution >= 0.6 is 0 Å². The molecule has 126 valence electrons. The number of fused-ring (bicyclic) bond motifs is 1. The maximum atomic E-state index is 13.1. The largest absolute Gasteiger partial charge is 0.451 e. The maximum Gasteiger partial charge on any atom is 0.451 e. The van der Waals surface area contributed by atoms with E-state index < -0.39 is 12.0 Å². The predicted molar refractivity (Wildman–Crippen MR) is 86.8 cm³/mol. The fourth-order valence-electron chi connectivity index (χ4n) is 2.63. The molecule has 0 radical (unpaired) electrons. The highest BCUT2D eigenvalue weighted by molar-refractivity contribution is 5.88. The summed E-state index contributed by atoms with van der Waals surface area (Å²) in [6, 6.07) is 11.4. The third-order valence-electron chi connectivity index (χ3n) is 3.75. The first-order valence-electron chi connectivity index (χ1n) is 7.62. The van der Waals surface area contributed by atoms with E-state index in [-0.39, 0.29) is 5.65 Å². The third-order valence-corrected chi connectivity index (χ3v) is 3.75. The number of hydrogen-bond donors (Lipinski definition) is 1. The van der Waals surface area contributed by atoms with Gasteiger partial charge in [-0.2, -0.15) is 13.2 Å². The highest BCUT2D eigenvalue weighted by atomic mass is 19.4. The van der Waals surface area contributed by atoms with E-state index in [0.29, 0.717) is 24.3 Å². The van der Waals surface area contributed by atoms with Crippen LogP contribution in [0.3, 0.4) is 0 Å². The Kier molecular flexibility index (Phi) is 4.17. The molecule has 0 saturated heterocycles. The van der Waals surface area contributed by atoms with Gasteiger partial charge in [0.25, 0.3) is 0 Å². The second-order valence-corrected chi connectivity index (χ2v) is 5.58. The first kappa shape index (κ1) is 16.3. The zero-order valence-corrected chi connectivity index (χ0v) is 13.4. The average molecular weight is 334 g/mol. The van der Waals surface area contributed by atoms with Gasteiger partial charge in [0.05, 0.1) is 5.39 Å². The molecular weight excluding hydrogens is 317 g/mol. The number of aryl methyl sites for hydroxylation is 1. The van der Waals surface area contributed by atoms with Crippen molar-refractivity contribution in [2.45, 2.75) is 26.6 Å². The number of H-pyrrole nitrogens is 1. The number of halogens is 3. The number of aromatic amines is 1. The Morgan fingerprint density at radius 1 is 1.12 bits per heavy atom. The van der Waals surface area contributed by atoms with E-state index in [4.69, 9.17) is 0 Å². The fraction of sp³-hybridized carbons (Fsp3) is 0.294. The van der Waals surface area contributed by atoms with Crippen molar-refractivity contribution in [2.24, 2.45) is 0 Å². The summed E-state index contributed by atoms with van der Waals surface area (Å²) in [6.07, 6.45) is -4.59. The summed E-state index contributed by atoms with van der Waals surface area (Å²) < 4.78 is 39.4. The Balaban J connectivity index is 2.11. The molecule has 0 aliphatic heterocycles. The lowest BCUT2D eigenvalue weighted by atomic mass is 10.2. The molecule has 0 atom stereocenters. The zero-order chi connectivity index (χ0) is 17.3. The molecule has 24 heavy (non-hydrogen) atoms. The Labute approximate surface area is 137 Å². The van der Waals surface area contributed by atoms with Crippen molar-refractivity contribution in [1.29, 1.82) is 0 Å². The Morgan fingerprint density at radius 3 is 2.46 bits per heavy atom. The fourth-order valence-corrected chi connectivity index (χ4v) is 2.63. The second-order valence-electron chi connectivity index (χ2n) is 5.58. The molecule has 1 N–H and O–H groups in total. The van der Waals surface area contributed by atoms with Gasteiger partial charge in [-0.05, 0) is 25.5 Å². The first-order valence-corrected chi connectivity index (χ1v) is 7.62. The summed E-state index contributed by atoms with van der Waals surface area (Å²) >= 11 is 0. The van der Waals surface area contributed by atoms with Crippen molar-refractivity contribution in [3.63, 3.8) is 0 Å². The summed E-state index contributed by atoms with van der Waals surface area (Å²) in [5, 5.41) is 0.596. The molecule has 0 fully saturated rings. The minimum atomic E-state index is -4.59. The van der Waals surface area contributed by atoms with E-state index in [9.17, 15) is 13.2 Å². The van der Waals surface area contributed by atoms with Gasteiger partial charge in [0.15, 0.2) is 0 Å². The number of hydrogen-bond acceptors (Lipinski definition) is 3. The van der Waals surface area contributed by atoms with Crippen LogP contribution in [0.25, 0.3) is 11.0 Å². The summed E-state index contributed by atoms with van der Waals surface area (Å²) in [5.41, 5.74) is 1.96. The van der Waals surface area contributed by atoms with Crippen LogP contribution in [0, 0.1) is 6.92 Å². The molecule has 0 spiro atoms. The molecule has 0 unspecified atom stereocenters. The highest BCUT2D eigenvalue weighted by Gasteiger charge is 2.36. The SMILES string of the molecule is CCN(Cc1ccccc1)c1nc(C(F)(F)F)nc2[nH]c(C)cc12. The van der Waals surface area contributed by atoms with E-state index in [1.807, 2.05) is 42.2 Å². The number of benzene rings is 1. The van der Waals surface area contributed by atoms with Crippen molar-refractivity contribution in [2.75, 3.05) is 11.4 Å². The zero-order valence-electron chi connectivity index (χ0n) is 13.4. The van der Waals surface area contributed by atoms with Crippen molar-refractivity contribution >= 4 is 16.9 Å². The lowest BCUT2D eigenvalue weighted by Crippen LogP contribution is -2.25. The Morgan fingerprint density at radius 2 is 1.83 bits per heavy atom. The predicted octanol–water partition coefficient (Wildman–Crippen LogP) is 4.31.